The molecule has 1 fully saturated rings. The third-order valence-electron chi connectivity index (χ3n) is 4.72. The molecule has 30 heavy (non-hydrogen) atoms. The smallest absolute Gasteiger partial charge is 0.266 e. The highest BCUT2D eigenvalue weighted by atomic mass is 16.6. The van der Waals surface area contributed by atoms with Crippen LogP contribution in [0.1, 0.15) is 33.6 Å². The van der Waals surface area contributed by atoms with Crippen LogP contribution in [0.2, 0.25) is 0 Å². The van der Waals surface area contributed by atoms with Crippen molar-refractivity contribution in [1.29, 1.82) is 0 Å². The van der Waals surface area contributed by atoms with E-state index in [2.05, 4.69) is 5.32 Å². The van der Waals surface area contributed by atoms with Crippen molar-refractivity contribution in [2.45, 2.75) is 18.9 Å². The summed E-state index contributed by atoms with van der Waals surface area (Å²) in [7, 11) is 1.60. The summed E-state index contributed by atoms with van der Waals surface area (Å²) in [6, 6.07) is 3.70. The van der Waals surface area contributed by atoms with Crippen molar-refractivity contribution >= 4 is 23.6 Å². The van der Waals surface area contributed by atoms with Crippen molar-refractivity contribution in [2.75, 3.05) is 46.8 Å². The van der Waals surface area contributed by atoms with Crippen molar-refractivity contribution < 1.29 is 38.1 Å². The standard InChI is InChI=1S/C20H24N2O8/c1-27-7-8-28-9-10-29-11-12-30-15-4-2-3-13-17(15)20(26)22(19(13)25)14-5-6-16(23)21-18(14)24/h2-4,14H,5-12H2,1H3,(H,21,23,24). The third kappa shape index (κ3) is 4.84. The highest BCUT2D eigenvalue weighted by Gasteiger charge is 2.45. The molecule has 1 aromatic carbocycles. The number of ether oxygens (including phenoxy) is 4. The molecule has 1 aromatic rings. The molecule has 3 rings (SSSR count). The van der Waals surface area contributed by atoms with Crippen LogP contribution in [0, 0.1) is 0 Å². The number of carbonyl (C=O) groups excluding carboxylic acids is 4. The second kappa shape index (κ2) is 10.3. The fourth-order valence-corrected chi connectivity index (χ4v) is 3.28. The van der Waals surface area contributed by atoms with Gasteiger partial charge in [0.25, 0.3) is 11.8 Å². The molecule has 0 saturated carbocycles. The van der Waals surface area contributed by atoms with E-state index < -0.39 is 29.7 Å². The van der Waals surface area contributed by atoms with Crippen LogP contribution in [-0.2, 0) is 23.8 Å². The minimum atomic E-state index is -1.01. The molecule has 2 aliphatic heterocycles. The SMILES string of the molecule is COCCOCCOCCOc1cccc2c1C(=O)N(C1CCC(=O)NC1=O)C2=O. The molecule has 1 atom stereocenters. The monoisotopic (exact) mass is 420 g/mol. The Balaban J connectivity index is 1.56. The van der Waals surface area contributed by atoms with E-state index in [1.807, 2.05) is 0 Å². The van der Waals surface area contributed by atoms with Gasteiger partial charge in [-0.15, -0.1) is 0 Å². The average Bonchev–Trinajstić information content (AvgIpc) is 2.98. The van der Waals surface area contributed by atoms with Gasteiger partial charge in [0.15, 0.2) is 0 Å². The molecule has 2 heterocycles. The number of carbonyl (C=O) groups is 4. The van der Waals surface area contributed by atoms with Gasteiger partial charge >= 0.3 is 0 Å². The van der Waals surface area contributed by atoms with E-state index in [-0.39, 0.29) is 42.9 Å². The number of imide groups is 2. The van der Waals surface area contributed by atoms with Gasteiger partial charge in [0.05, 0.1) is 44.2 Å². The van der Waals surface area contributed by atoms with Crippen molar-refractivity contribution in [1.82, 2.24) is 10.2 Å². The summed E-state index contributed by atoms with van der Waals surface area (Å²) in [5, 5.41) is 2.17. The number of hydrogen-bond acceptors (Lipinski definition) is 8. The lowest BCUT2D eigenvalue weighted by molar-refractivity contribution is -0.136. The van der Waals surface area contributed by atoms with Crippen LogP contribution in [0.4, 0.5) is 0 Å². The second-order valence-corrected chi connectivity index (χ2v) is 6.69. The molecule has 10 heteroatoms. The average molecular weight is 420 g/mol. The summed E-state index contributed by atoms with van der Waals surface area (Å²) >= 11 is 0. The summed E-state index contributed by atoms with van der Waals surface area (Å²) < 4.78 is 21.2. The molecule has 0 aromatic heterocycles. The predicted molar refractivity (Wildman–Crippen MR) is 102 cm³/mol. The Morgan fingerprint density at radius 3 is 2.37 bits per heavy atom. The van der Waals surface area contributed by atoms with E-state index in [1.54, 1.807) is 19.2 Å². The number of amides is 4. The zero-order valence-electron chi connectivity index (χ0n) is 16.7. The Bertz CT molecular complexity index is 825. The van der Waals surface area contributed by atoms with Crippen LogP contribution < -0.4 is 10.1 Å². The maximum atomic E-state index is 12.9. The van der Waals surface area contributed by atoms with E-state index in [1.165, 1.54) is 6.07 Å². The topological polar surface area (TPSA) is 120 Å². The van der Waals surface area contributed by atoms with Gasteiger partial charge in [-0.05, 0) is 18.6 Å². The molecule has 2 aliphatic rings. The van der Waals surface area contributed by atoms with Crippen LogP contribution >= 0.6 is 0 Å². The molecule has 0 spiro atoms. The molecule has 1 saturated heterocycles. The van der Waals surface area contributed by atoms with Gasteiger partial charge in [0.1, 0.15) is 18.4 Å². The second-order valence-electron chi connectivity index (χ2n) is 6.69. The predicted octanol–water partition coefficient (Wildman–Crippen LogP) is 0.146. The number of nitrogens with zero attached hydrogens (tertiary/aromatic N) is 1. The maximum Gasteiger partial charge on any atom is 0.266 e. The highest BCUT2D eigenvalue weighted by Crippen LogP contribution is 2.33. The molecule has 10 nitrogen and oxygen atoms in total. The lowest BCUT2D eigenvalue weighted by atomic mass is 10.0. The van der Waals surface area contributed by atoms with Gasteiger partial charge in [-0.25, -0.2) is 0 Å². The molecule has 0 bridgehead atoms. The first kappa shape index (κ1) is 21.9. The maximum absolute atomic E-state index is 12.9. The van der Waals surface area contributed by atoms with Crippen molar-refractivity contribution in [3.05, 3.63) is 29.3 Å². The minimum absolute atomic E-state index is 0.0691. The Morgan fingerprint density at radius 1 is 0.967 bits per heavy atom. The van der Waals surface area contributed by atoms with Crippen molar-refractivity contribution in [3.63, 3.8) is 0 Å². The fraction of sp³-hybridized carbons (Fsp3) is 0.500. The number of nitrogens with one attached hydrogen (secondary N) is 1. The zero-order chi connectivity index (χ0) is 21.5. The number of methoxy groups -OCH3 is 1. The highest BCUT2D eigenvalue weighted by molar-refractivity contribution is 6.24. The molecule has 1 N–H and O–H groups in total. The molecule has 1 unspecified atom stereocenters. The van der Waals surface area contributed by atoms with Crippen LogP contribution in [0.3, 0.4) is 0 Å². The van der Waals surface area contributed by atoms with Gasteiger partial charge in [0.2, 0.25) is 11.8 Å². The van der Waals surface area contributed by atoms with Crippen LogP contribution in [0.5, 0.6) is 5.75 Å². The molecular formula is C20H24N2O8. The first-order chi connectivity index (χ1) is 14.5. The van der Waals surface area contributed by atoms with E-state index in [0.29, 0.717) is 26.4 Å². The summed E-state index contributed by atoms with van der Waals surface area (Å²) in [4.78, 5) is 50.1. The first-order valence-corrected chi connectivity index (χ1v) is 9.66. The molecule has 162 valence electrons. The summed E-state index contributed by atoms with van der Waals surface area (Å²) in [6.45, 7) is 2.28. The molecular weight excluding hydrogens is 396 g/mol. The quantitative estimate of drug-likeness (QED) is 0.397. The summed E-state index contributed by atoms with van der Waals surface area (Å²) in [5.41, 5.74) is 0.296. The van der Waals surface area contributed by atoms with Crippen molar-refractivity contribution in [2.24, 2.45) is 0 Å². The summed E-state index contributed by atoms with van der Waals surface area (Å²) in [6.07, 6.45) is 0.173. The van der Waals surface area contributed by atoms with Crippen LogP contribution in [-0.4, -0.2) is 81.3 Å². The Morgan fingerprint density at radius 2 is 1.67 bits per heavy atom. The lowest BCUT2D eigenvalue weighted by Crippen LogP contribution is -2.54. The Kier molecular flexibility index (Phi) is 7.50. The Hall–Kier alpha value is -2.82. The number of piperidine rings is 1. The Labute approximate surface area is 173 Å². The number of benzene rings is 1. The molecule has 0 aliphatic carbocycles. The number of fused-ring (bicyclic) bond motifs is 1. The minimum Gasteiger partial charge on any atom is -0.490 e. The largest absolute Gasteiger partial charge is 0.490 e. The van der Waals surface area contributed by atoms with Crippen LogP contribution in [0.15, 0.2) is 18.2 Å². The number of hydrogen-bond donors (Lipinski definition) is 1. The van der Waals surface area contributed by atoms with Gasteiger partial charge in [-0.2, -0.15) is 0 Å². The van der Waals surface area contributed by atoms with E-state index in [4.69, 9.17) is 18.9 Å². The van der Waals surface area contributed by atoms with E-state index >= 15 is 0 Å². The normalized spacial score (nSPS) is 18.6. The van der Waals surface area contributed by atoms with Gasteiger partial charge < -0.3 is 18.9 Å². The molecule has 4 amide bonds. The van der Waals surface area contributed by atoms with E-state index in [0.717, 1.165) is 4.90 Å². The first-order valence-electron chi connectivity index (χ1n) is 9.66. The van der Waals surface area contributed by atoms with Gasteiger partial charge in [-0.1, -0.05) is 6.07 Å². The fourth-order valence-electron chi connectivity index (χ4n) is 3.28. The summed E-state index contributed by atoms with van der Waals surface area (Å²) in [5.74, 6) is -1.99. The van der Waals surface area contributed by atoms with Crippen molar-refractivity contribution in [3.8, 4) is 5.75 Å². The molecule has 0 radical (unpaired) electrons. The number of rotatable bonds is 11. The van der Waals surface area contributed by atoms with Gasteiger partial charge in [0, 0.05) is 13.5 Å². The van der Waals surface area contributed by atoms with E-state index in [9.17, 15) is 19.2 Å². The van der Waals surface area contributed by atoms with Crippen LogP contribution in [0.25, 0.3) is 0 Å². The van der Waals surface area contributed by atoms with Gasteiger partial charge in [-0.3, -0.25) is 29.4 Å². The third-order valence-corrected chi connectivity index (χ3v) is 4.72. The zero-order valence-corrected chi connectivity index (χ0v) is 16.7. The lowest BCUT2D eigenvalue weighted by Gasteiger charge is -2.27.